The van der Waals surface area contributed by atoms with E-state index in [1.165, 1.54) is 0 Å². The molecule has 0 bridgehead atoms. The molecule has 1 aromatic carbocycles. The van der Waals surface area contributed by atoms with Crippen LogP contribution in [0.2, 0.25) is 0 Å². The highest BCUT2D eigenvalue weighted by molar-refractivity contribution is 5.96. The number of anilines is 1. The monoisotopic (exact) mass is 250 g/mol. The molecule has 2 N–H and O–H groups in total. The topological polar surface area (TPSA) is 47.5 Å². The van der Waals surface area contributed by atoms with Crippen molar-refractivity contribution in [3.63, 3.8) is 0 Å². The van der Waals surface area contributed by atoms with Crippen molar-refractivity contribution in [3.8, 4) is 11.1 Å². The van der Waals surface area contributed by atoms with Gasteiger partial charge in [0.15, 0.2) is 5.78 Å². The Kier molecular flexibility index (Phi) is 2.60. The van der Waals surface area contributed by atoms with Crippen molar-refractivity contribution < 1.29 is 4.79 Å². The van der Waals surface area contributed by atoms with Crippen LogP contribution in [0.25, 0.3) is 16.6 Å². The fourth-order valence-corrected chi connectivity index (χ4v) is 2.28. The van der Waals surface area contributed by atoms with E-state index >= 15 is 0 Å². The molecule has 3 aromatic rings. The van der Waals surface area contributed by atoms with Crippen LogP contribution in [-0.4, -0.2) is 10.2 Å². The van der Waals surface area contributed by atoms with Gasteiger partial charge in [-0.25, -0.2) is 0 Å². The third-order valence-electron chi connectivity index (χ3n) is 3.30. The van der Waals surface area contributed by atoms with Crippen LogP contribution >= 0.6 is 0 Å². The Hall–Kier alpha value is -2.55. The zero-order valence-corrected chi connectivity index (χ0v) is 10.6. The molecule has 19 heavy (non-hydrogen) atoms. The van der Waals surface area contributed by atoms with Crippen LogP contribution in [0.3, 0.4) is 0 Å². The van der Waals surface area contributed by atoms with Gasteiger partial charge in [-0.2, -0.15) is 0 Å². The predicted octanol–water partition coefficient (Wildman–Crippen LogP) is 3.39. The van der Waals surface area contributed by atoms with Crippen molar-refractivity contribution in [3.05, 3.63) is 60.4 Å². The van der Waals surface area contributed by atoms with Gasteiger partial charge in [-0.15, -0.1) is 0 Å². The van der Waals surface area contributed by atoms with Crippen LogP contribution in [0.15, 0.2) is 54.9 Å². The van der Waals surface area contributed by atoms with Crippen molar-refractivity contribution in [1.82, 2.24) is 4.40 Å². The summed E-state index contributed by atoms with van der Waals surface area (Å²) in [4.78, 5) is 11.4. The molecule has 0 unspecified atom stereocenters. The number of nitrogen functional groups attached to an aromatic ring is 1. The number of ketones is 1. The second-order valence-electron chi connectivity index (χ2n) is 4.59. The number of fused-ring (bicyclic) bond motifs is 1. The molecule has 0 saturated heterocycles. The van der Waals surface area contributed by atoms with Crippen LogP contribution in [-0.2, 0) is 0 Å². The number of Topliss-reactive ketones (excluding diaryl/α,β-unsaturated/α-hetero) is 1. The van der Waals surface area contributed by atoms with Gasteiger partial charge >= 0.3 is 0 Å². The Morgan fingerprint density at radius 2 is 2.00 bits per heavy atom. The molecule has 0 amide bonds. The number of pyridine rings is 1. The molecule has 0 aliphatic heterocycles. The maximum absolute atomic E-state index is 11.4. The van der Waals surface area contributed by atoms with E-state index in [1.54, 1.807) is 6.92 Å². The molecule has 0 spiro atoms. The van der Waals surface area contributed by atoms with Gasteiger partial charge in [0.25, 0.3) is 0 Å². The van der Waals surface area contributed by atoms with Crippen LogP contribution < -0.4 is 5.73 Å². The SMILES string of the molecule is CC(=O)c1cccc(-c2cn3ccccc3c2N)c1. The number of hydrogen-bond acceptors (Lipinski definition) is 2. The molecule has 0 atom stereocenters. The summed E-state index contributed by atoms with van der Waals surface area (Å²) in [5.41, 5.74) is 10.5. The number of benzene rings is 1. The van der Waals surface area contributed by atoms with Crippen LogP contribution in [0, 0.1) is 0 Å². The molecule has 0 aliphatic carbocycles. The molecule has 0 fully saturated rings. The maximum atomic E-state index is 11.4. The highest BCUT2D eigenvalue weighted by Gasteiger charge is 2.10. The average molecular weight is 250 g/mol. The number of nitrogens with two attached hydrogens (primary N) is 1. The summed E-state index contributed by atoms with van der Waals surface area (Å²) >= 11 is 0. The molecular weight excluding hydrogens is 236 g/mol. The van der Waals surface area contributed by atoms with E-state index in [4.69, 9.17) is 5.73 Å². The van der Waals surface area contributed by atoms with Gasteiger partial charge in [0.05, 0.1) is 11.2 Å². The van der Waals surface area contributed by atoms with Gasteiger partial charge in [0.2, 0.25) is 0 Å². The smallest absolute Gasteiger partial charge is 0.159 e. The van der Waals surface area contributed by atoms with Gasteiger partial charge in [-0.1, -0.05) is 24.3 Å². The number of nitrogens with zero attached hydrogens (tertiary/aromatic N) is 1. The highest BCUT2D eigenvalue weighted by Crippen LogP contribution is 2.31. The number of carbonyl (C=O) groups is 1. The Morgan fingerprint density at radius 1 is 1.16 bits per heavy atom. The van der Waals surface area contributed by atoms with Crippen molar-refractivity contribution in [2.24, 2.45) is 0 Å². The average Bonchev–Trinajstić information content (AvgIpc) is 2.77. The zero-order chi connectivity index (χ0) is 13.4. The number of hydrogen-bond donors (Lipinski definition) is 1. The first-order valence-corrected chi connectivity index (χ1v) is 6.13. The van der Waals surface area contributed by atoms with Gasteiger partial charge < -0.3 is 10.1 Å². The minimum Gasteiger partial charge on any atom is -0.396 e. The standard InChI is InChI=1S/C16H14N2O/c1-11(19)12-5-4-6-13(9-12)14-10-18-8-3-2-7-15(18)16(14)17/h2-10H,17H2,1H3. The van der Waals surface area contributed by atoms with Crippen LogP contribution in [0.4, 0.5) is 5.69 Å². The van der Waals surface area contributed by atoms with Crippen molar-refractivity contribution in [2.45, 2.75) is 6.92 Å². The van der Waals surface area contributed by atoms with Gasteiger partial charge in [-0.05, 0) is 30.7 Å². The quantitative estimate of drug-likeness (QED) is 0.709. The Balaban J connectivity index is 2.21. The molecule has 2 aromatic heterocycles. The second kappa shape index (κ2) is 4.28. The second-order valence-corrected chi connectivity index (χ2v) is 4.59. The van der Waals surface area contributed by atoms with E-state index in [1.807, 2.05) is 59.3 Å². The van der Waals surface area contributed by atoms with Crippen LogP contribution in [0.1, 0.15) is 17.3 Å². The van der Waals surface area contributed by atoms with E-state index in [0.29, 0.717) is 5.56 Å². The summed E-state index contributed by atoms with van der Waals surface area (Å²) in [6.07, 6.45) is 3.95. The normalized spacial score (nSPS) is 10.8. The minimum atomic E-state index is 0.0594. The summed E-state index contributed by atoms with van der Waals surface area (Å²) in [6.45, 7) is 1.57. The molecule has 94 valence electrons. The van der Waals surface area contributed by atoms with Gasteiger partial charge in [-0.3, -0.25) is 4.79 Å². The Bertz CT molecular complexity index is 771. The summed E-state index contributed by atoms with van der Waals surface area (Å²) in [5.74, 6) is 0.0594. The van der Waals surface area contributed by atoms with E-state index in [2.05, 4.69) is 0 Å². The molecule has 0 saturated carbocycles. The molecule has 3 nitrogen and oxygen atoms in total. The maximum Gasteiger partial charge on any atom is 0.159 e. The van der Waals surface area contributed by atoms with Crippen molar-refractivity contribution in [2.75, 3.05) is 5.73 Å². The fraction of sp³-hybridized carbons (Fsp3) is 0.0625. The lowest BCUT2D eigenvalue weighted by Crippen LogP contribution is -1.92. The van der Waals surface area contributed by atoms with Crippen LogP contribution in [0.5, 0.6) is 0 Å². The molecule has 0 radical (unpaired) electrons. The number of rotatable bonds is 2. The summed E-state index contributed by atoms with van der Waals surface area (Å²) in [7, 11) is 0. The Morgan fingerprint density at radius 3 is 2.74 bits per heavy atom. The summed E-state index contributed by atoms with van der Waals surface area (Å²) in [6, 6.07) is 13.5. The number of aromatic nitrogens is 1. The first-order chi connectivity index (χ1) is 9.16. The first kappa shape index (κ1) is 11.5. The highest BCUT2D eigenvalue weighted by atomic mass is 16.1. The minimum absolute atomic E-state index is 0.0594. The lowest BCUT2D eigenvalue weighted by atomic mass is 10.0. The van der Waals surface area contributed by atoms with Gasteiger partial charge in [0, 0.05) is 23.5 Å². The summed E-state index contributed by atoms with van der Waals surface area (Å²) < 4.78 is 1.99. The predicted molar refractivity (Wildman–Crippen MR) is 77.2 cm³/mol. The number of carbonyl (C=O) groups excluding carboxylic acids is 1. The molecule has 0 aliphatic rings. The molecule has 3 heteroatoms. The molecular formula is C16H14N2O. The first-order valence-electron chi connectivity index (χ1n) is 6.13. The molecule has 2 heterocycles. The lowest BCUT2D eigenvalue weighted by molar-refractivity contribution is 0.101. The van der Waals surface area contributed by atoms with E-state index in [0.717, 1.165) is 22.3 Å². The fourth-order valence-electron chi connectivity index (χ4n) is 2.28. The zero-order valence-electron chi connectivity index (χ0n) is 10.6. The van der Waals surface area contributed by atoms with Crippen molar-refractivity contribution in [1.29, 1.82) is 0 Å². The largest absolute Gasteiger partial charge is 0.396 e. The van der Waals surface area contributed by atoms with E-state index in [-0.39, 0.29) is 5.78 Å². The van der Waals surface area contributed by atoms with E-state index < -0.39 is 0 Å². The molecule has 3 rings (SSSR count). The lowest BCUT2D eigenvalue weighted by Gasteiger charge is -2.02. The van der Waals surface area contributed by atoms with Gasteiger partial charge in [0.1, 0.15) is 0 Å². The van der Waals surface area contributed by atoms with Crippen molar-refractivity contribution >= 4 is 17.0 Å². The Labute approximate surface area is 111 Å². The third kappa shape index (κ3) is 1.89. The van der Waals surface area contributed by atoms with E-state index in [9.17, 15) is 4.79 Å². The third-order valence-corrected chi connectivity index (χ3v) is 3.30. The summed E-state index contributed by atoms with van der Waals surface area (Å²) in [5, 5.41) is 0.